The van der Waals surface area contributed by atoms with Crippen LogP contribution in [0.5, 0.6) is 0 Å². The molecule has 0 aliphatic heterocycles. The van der Waals surface area contributed by atoms with Gasteiger partial charge >= 0.3 is 0 Å². The Kier molecular flexibility index (Phi) is 4.48. The number of terminal acetylenes is 1. The van der Waals surface area contributed by atoms with E-state index in [0.717, 1.165) is 12.8 Å². The van der Waals surface area contributed by atoms with Crippen LogP contribution in [-0.2, 0) is 0 Å². The fraction of sp³-hybridized carbons (Fsp3) is 0.846. The summed E-state index contributed by atoms with van der Waals surface area (Å²) in [5, 5.41) is 3.48. The van der Waals surface area contributed by atoms with Gasteiger partial charge in [-0.1, -0.05) is 19.8 Å². The van der Waals surface area contributed by atoms with Crippen molar-refractivity contribution in [3.8, 4) is 12.3 Å². The Labute approximate surface area is 88.7 Å². The SMILES string of the molecule is C#CCCC(NC)C1(CC)CCCC1. The normalized spacial score (nSPS) is 21.8. The Morgan fingerprint density at radius 3 is 2.50 bits per heavy atom. The molecule has 1 heteroatoms. The van der Waals surface area contributed by atoms with Gasteiger partial charge in [-0.25, -0.2) is 0 Å². The summed E-state index contributed by atoms with van der Waals surface area (Å²) < 4.78 is 0. The van der Waals surface area contributed by atoms with E-state index in [0.29, 0.717) is 11.5 Å². The molecule has 0 spiro atoms. The van der Waals surface area contributed by atoms with Crippen LogP contribution in [0.1, 0.15) is 51.9 Å². The highest BCUT2D eigenvalue weighted by Gasteiger charge is 2.38. The Hall–Kier alpha value is -0.480. The van der Waals surface area contributed by atoms with Crippen molar-refractivity contribution in [2.24, 2.45) is 5.41 Å². The van der Waals surface area contributed by atoms with Crippen LogP contribution in [0, 0.1) is 17.8 Å². The highest BCUT2D eigenvalue weighted by molar-refractivity contribution is 4.96. The first-order valence-corrected chi connectivity index (χ1v) is 5.90. The van der Waals surface area contributed by atoms with E-state index in [1.54, 1.807) is 0 Å². The number of hydrogen-bond donors (Lipinski definition) is 1. The van der Waals surface area contributed by atoms with Crippen LogP contribution in [0.4, 0.5) is 0 Å². The maximum absolute atomic E-state index is 5.34. The van der Waals surface area contributed by atoms with E-state index in [1.807, 2.05) is 0 Å². The molecule has 0 aromatic carbocycles. The predicted molar refractivity (Wildman–Crippen MR) is 62.1 cm³/mol. The van der Waals surface area contributed by atoms with E-state index in [9.17, 15) is 0 Å². The molecule has 1 unspecified atom stereocenters. The number of rotatable bonds is 5. The Balaban J connectivity index is 2.59. The molecule has 1 N–H and O–H groups in total. The molecule has 1 saturated carbocycles. The summed E-state index contributed by atoms with van der Waals surface area (Å²) in [5.41, 5.74) is 0.547. The van der Waals surface area contributed by atoms with Crippen LogP contribution in [-0.4, -0.2) is 13.1 Å². The lowest BCUT2D eigenvalue weighted by atomic mass is 9.74. The van der Waals surface area contributed by atoms with Crippen molar-refractivity contribution in [2.45, 2.75) is 57.9 Å². The number of nitrogens with one attached hydrogen (secondary N) is 1. The summed E-state index contributed by atoms with van der Waals surface area (Å²) in [4.78, 5) is 0. The quantitative estimate of drug-likeness (QED) is 0.662. The van der Waals surface area contributed by atoms with Crippen molar-refractivity contribution in [2.75, 3.05) is 7.05 Å². The summed E-state index contributed by atoms with van der Waals surface area (Å²) in [6, 6.07) is 0.631. The largest absolute Gasteiger partial charge is 0.316 e. The highest BCUT2D eigenvalue weighted by atomic mass is 14.9. The van der Waals surface area contributed by atoms with E-state index < -0.39 is 0 Å². The first-order chi connectivity index (χ1) is 6.79. The van der Waals surface area contributed by atoms with Gasteiger partial charge in [0.2, 0.25) is 0 Å². The molecule has 0 heterocycles. The zero-order valence-electron chi connectivity index (χ0n) is 9.60. The van der Waals surface area contributed by atoms with Crippen LogP contribution in [0.3, 0.4) is 0 Å². The number of hydrogen-bond acceptors (Lipinski definition) is 1. The van der Waals surface area contributed by atoms with Gasteiger partial charge in [0, 0.05) is 12.5 Å². The third-order valence-electron chi connectivity index (χ3n) is 3.97. The maximum Gasteiger partial charge on any atom is 0.0129 e. The predicted octanol–water partition coefficient (Wildman–Crippen LogP) is 2.96. The molecule has 0 aromatic heterocycles. The van der Waals surface area contributed by atoms with Crippen molar-refractivity contribution < 1.29 is 0 Å². The molecular formula is C13H23N. The molecule has 1 nitrogen and oxygen atoms in total. The minimum atomic E-state index is 0.547. The molecule has 1 rings (SSSR count). The smallest absolute Gasteiger partial charge is 0.0129 e. The third kappa shape index (κ3) is 2.30. The summed E-state index contributed by atoms with van der Waals surface area (Å²) >= 11 is 0. The molecule has 1 fully saturated rings. The van der Waals surface area contributed by atoms with E-state index in [1.165, 1.54) is 32.1 Å². The standard InChI is InChI=1S/C13H23N/c1-4-6-9-12(14-3)13(5-2)10-7-8-11-13/h1,12,14H,5-11H2,2-3H3. The Morgan fingerprint density at radius 2 is 2.07 bits per heavy atom. The van der Waals surface area contributed by atoms with Gasteiger partial charge in [0.1, 0.15) is 0 Å². The average molecular weight is 193 g/mol. The second-order valence-corrected chi connectivity index (χ2v) is 4.51. The molecule has 0 aromatic rings. The van der Waals surface area contributed by atoms with Crippen molar-refractivity contribution in [1.29, 1.82) is 0 Å². The lowest BCUT2D eigenvalue weighted by Crippen LogP contribution is -2.41. The van der Waals surface area contributed by atoms with Crippen molar-refractivity contribution >= 4 is 0 Å². The van der Waals surface area contributed by atoms with Gasteiger partial charge in [-0.2, -0.15) is 0 Å². The van der Waals surface area contributed by atoms with Crippen molar-refractivity contribution in [1.82, 2.24) is 5.32 Å². The maximum atomic E-state index is 5.34. The zero-order valence-corrected chi connectivity index (χ0v) is 9.60. The first kappa shape index (κ1) is 11.6. The van der Waals surface area contributed by atoms with E-state index in [2.05, 4.69) is 25.2 Å². The fourth-order valence-electron chi connectivity index (χ4n) is 3.01. The summed E-state index contributed by atoms with van der Waals surface area (Å²) in [5.74, 6) is 2.76. The molecular weight excluding hydrogens is 170 g/mol. The molecule has 80 valence electrons. The van der Waals surface area contributed by atoms with E-state index in [4.69, 9.17) is 6.42 Å². The molecule has 0 saturated heterocycles. The Morgan fingerprint density at radius 1 is 1.43 bits per heavy atom. The summed E-state index contributed by atoms with van der Waals surface area (Å²) in [6.07, 6.45) is 14.3. The van der Waals surface area contributed by atoms with Crippen molar-refractivity contribution in [3.05, 3.63) is 0 Å². The van der Waals surface area contributed by atoms with E-state index in [-0.39, 0.29) is 0 Å². The van der Waals surface area contributed by atoms with Gasteiger partial charge in [-0.15, -0.1) is 12.3 Å². The van der Waals surface area contributed by atoms with E-state index >= 15 is 0 Å². The van der Waals surface area contributed by atoms with Gasteiger partial charge in [0.05, 0.1) is 0 Å². The topological polar surface area (TPSA) is 12.0 Å². The molecule has 1 aliphatic rings. The second-order valence-electron chi connectivity index (χ2n) is 4.51. The molecule has 1 atom stereocenters. The van der Waals surface area contributed by atoms with Gasteiger partial charge in [-0.05, 0) is 38.1 Å². The molecule has 0 amide bonds. The van der Waals surface area contributed by atoms with Gasteiger partial charge in [0.15, 0.2) is 0 Å². The van der Waals surface area contributed by atoms with Crippen LogP contribution in [0.2, 0.25) is 0 Å². The lowest BCUT2D eigenvalue weighted by Gasteiger charge is -2.36. The highest BCUT2D eigenvalue weighted by Crippen LogP contribution is 2.44. The second kappa shape index (κ2) is 5.41. The van der Waals surface area contributed by atoms with Crippen LogP contribution in [0.25, 0.3) is 0 Å². The monoisotopic (exact) mass is 193 g/mol. The lowest BCUT2D eigenvalue weighted by molar-refractivity contribution is 0.186. The zero-order chi connectivity index (χ0) is 10.4. The van der Waals surface area contributed by atoms with Gasteiger partial charge in [0.25, 0.3) is 0 Å². The van der Waals surface area contributed by atoms with Crippen LogP contribution >= 0.6 is 0 Å². The summed E-state index contributed by atoms with van der Waals surface area (Å²) in [7, 11) is 2.08. The van der Waals surface area contributed by atoms with Crippen molar-refractivity contribution in [3.63, 3.8) is 0 Å². The minimum Gasteiger partial charge on any atom is -0.316 e. The molecule has 14 heavy (non-hydrogen) atoms. The van der Waals surface area contributed by atoms with Gasteiger partial charge in [-0.3, -0.25) is 0 Å². The van der Waals surface area contributed by atoms with Crippen LogP contribution in [0.15, 0.2) is 0 Å². The first-order valence-electron chi connectivity index (χ1n) is 5.90. The minimum absolute atomic E-state index is 0.547. The Bertz CT molecular complexity index is 196. The average Bonchev–Trinajstić information content (AvgIpc) is 2.69. The third-order valence-corrected chi connectivity index (χ3v) is 3.97. The molecule has 0 bridgehead atoms. The summed E-state index contributed by atoms with van der Waals surface area (Å²) in [6.45, 7) is 2.32. The van der Waals surface area contributed by atoms with Gasteiger partial charge < -0.3 is 5.32 Å². The fourth-order valence-corrected chi connectivity index (χ4v) is 3.01. The molecule has 0 radical (unpaired) electrons. The molecule has 1 aliphatic carbocycles. The van der Waals surface area contributed by atoms with Crippen LogP contribution < -0.4 is 5.32 Å².